The lowest BCUT2D eigenvalue weighted by Gasteiger charge is -2.32. The molecule has 0 saturated carbocycles. The molecule has 19 heavy (non-hydrogen) atoms. The number of aromatic nitrogens is 2. The molecule has 1 unspecified atom stereocenters. The highest BCUT2D eigenvalue weighted by molar-refractivity contribution is 5.82. The Balaban J connectivity index is 2.05. The summed E-state index contributed by atoms with van der Waals surface area (Å²) in [7, 11) is 0. The van der Waals surface area contributed by atoms with Gasteiger partial charge in [-0.1, -0.05) is 13.8 Å². The molecule has 1 atom stereocenters. The van der Waals surface area contributed by atoms with Crippen LogP contribution in [0.25, 0.3) is 0 Å². The molecule has 5 heteroatoms. The van der Waals surface area contributed by atoms with E-state index in [-0.39, 0.29) is 11.5 Å². The highest BCUT2D eigenvalue weighted by atomic mass is 16.1. The van der Waals surface area contributed by atoms with Crippen molar-refractivity contribution in [3.63, 3.8) is 0 Å². The highest BCUT2D eigenvalue weighted by Gasteiger charge is 2.26. The molecule has 0 spiro atoms. The van der Waals surface area contributed by atoms with Crippen molar-refractivity contribution in [2.75, 3.05) is 18.0 Å². The Morgan fingerprint density at radius 1 is 1.58 bits per heavy atom. The Morgan fingerprint density at radius 2 is 2.37 bits per heavy atom. The van der Waals surface area contributed by atoms with Gasteiger partial charge in [-0.15, -0.1) is 0 Å². The number of piperidine rings is 1. The van der Waals surface area contributed by atoms with Crippen molar-refractivity contribution >= 4 is 11.6 Å². The van der Waals surface area contributed by atoms with Crippen LogP contribution in [0.4, 0.5) is 5.82 Å². The first-order valence-electron chi connectivity index (χ1n) is 6.88. The maximum absolute atomic E-state index is 12.1. The van der Waals surface area contributed by atoms with E-state index in [1.807, 2.05) is 4.90 Å². The SMILES string of the molecule is CC(C)CC(=O)C1CCCN(c2cc(=O)[nH]cn2)C1. The minimum Gasteiger partial charge on any atom is -0.356 e. The van der Waals surface area contributed by atoms with Gasteiger partial charge in [0.15, 0.2) is 0 Å². The third-order valence-corrected chi connectivity index (χ3v) is 3.47. The monoisotopic (exact) mass is 263 g/mol. The first kappa shape index (κ1) is 13.8. The summed E-state index contributed by atoms with van der Waals surface area (Å²) in [6.45, 7) is 5.68. The lowest BCUT2D eigenvalue weighted by molar-refractivity contribution is -0.123. The van der Waals surface area contributed by atoms with Crippen LogP contribution >= 0.6 is 0 Å². The van der Waals surface area contributed by atoms with E-state index in [1.165, 1.54) is 12.4 Å². The molecule has 1 saturated heterocycles. The second-order valence-corrected chi connectivity index (χ2v) is 5.62. The van der Waals surface area contributed by atoms with Crippen LogP contribution < -0.4 is 10.5 Å². The molecule has 1 aliphatic rings. The zero-order valence-electron chi connectivity index (χ0n) is 11.6. The summed E-state index contributed by atoms with van der Waals surface area (Å²) in [5.74, 6) is 1.49. The van der Waals surface area contributed by atoms with Gasteiger partial charge in [0.1, 0.15) is 11.6 Å². The summed E-state index contributed by atoms with van der Waals surface area (Å²) in [5.41, 5.74) is -0.152. The van der Waals surface area contributed by atoms with Crippen LogP contribution in [0, 0.1) is 11.8 Å². The standard InChI is InChI=1S/C14H21N3O2/c1-10(2)6-12(18)11-4-3-5-17(8-11)13-7-14(19)16-9-15-13/h7,9-11H,3-6,8H2,1-2H3,(H,15,16,19). The zero-order valence-corrected chi connectivity index (χ0v) is 11.6. The maximum Gasteiger partial charge on any atom is 0.252 e. The van der Waals surface area contributed by atoms with Gasteiger partial charge in [-0.05, 0) is 18.8 Å². The molecular weight excluding hydrogens is 242 g/mol. The number of Topliss-reactive ketones (excluding diaryl/α,β-unsaturated/α-hetero) is 1. The zero-order chi connectivity index (χ0) is 13.8. The largest absolute Gasteiger partial charge is 0.356 e. The van der Waals surface area contributed by atoms with Crippen molar-refractivity contribution < 1.29 is 4.79 Å². The minimum absolute atomic E-state index is 0.0808. The average molecular weight is 263 g/mol. The van der Waals surface area contributed by atoms with Crippen LogP contribution in [0.2, 0.25) is 0 Å². The summed E-state index contributed by atoms with van der Waals surface area (Å²) in [6.07, 6.45) is 3.98. The Kier molecular flexibility index (Phi) is 4.35. The molecule has 1 aliphatic heterocycles. The third kappa shape index (κ3) is 3.66. The molecule has 1 aromatic heterocycles. The Bertz CT molecular complexity index is 495. The van der Waals surface area contributed by atoms with Crippen molar-refractivity contribution in [2.24, 2.45) is 11.8 Å². The number of H-pyrrole nitrogens is 1. The van der Waals surface area contributed by atoms with E-state index in [0.29, 0.717) is 30.5 Å². The number of hydrogen-bond acceptors (Lipinski definition) is 4. The number of carbonyl (C=O) groups excluding carboxylic acids is 1. The molecular formula is C14H21N3O2. The van der Waals surface area contributed by atoms with E-state index in [9.17, 15) is 9.59 Å². The van der Waals surface area contributed by atoms with E-state index in [2.05, 4.69) is 23.8 Å². The molecule has 1 N–H and O–H groups in total. The van der Waals surface area contributed by atoms with Crippen LogP contribution in [-0.2, 0) is 4.79 Å². The number of rotatable bonds is 4. The van der Waals surface area contributed by atoms with Gasteiger partial charge in [0.25, 0.3) is 5.56 Å². The number of anilines is 1. The minimum atomic E-state index is -0.152. The number of ketones is 1. The summed E-state index contributed by atoms with van der Waals surface area (Å²) in [6, 6.07) is 1.50. The van der Waals surface area contributed by atoms with Gasteiger partial charge in [-0.3, -0.25) is 9.59 Å². The number of hydrogen-bond donors (Lipinski definition) is 1. The van der Waals surface area contributed by atoms with Crippen molar-refractivity contribution in [3.05, 3.63) is 22.7 Å². The van der Waals surface area contributed by atoms with Crippen molar-refractivity contribution in [1.29, 1.82) is 0 Å². The van der Waals surface area contributed by atoms with E-state index in [1.54, 1.807) is 0 Å². The Hall–Kier alpha value is -1.65. The number of aromatic amines is 1. The molecule has 0 amide bonds. The lowest BCUT2D eigenvalue weighted by atomic mass is 9.89. The van der Waals surface area contributed by atoms with Crippen LogP contribution in [0.5, 0.6) is 0 Å². The fourth-order valence-corrected chi connectivity index (χ4v) is 2.55. The molecule has 2 rings (SSSR count). The maximum atomic E-state index is 12.1. The first-order chi connectivity index (χ1) is 9.06. The molecule has 104 valence electrons. The fraction of sp³-hybridized carbons (Fsp3) is 0.643. The quantitative estimate of drug-likeness (QED) is 0.896. The Morgan fingerprint density at radius 3 is 3.05 bits per heavy atom. The third-order valence-electron chi connectivity index (χ3n) is 3.47. The summed E-state index contributed by atoms with van der Waals surface area (Å²) < 4.78 is 0. The number of nitrogens with zero attached hydrogens (tertiary/aromatic N) is 2. The van der Waals surface area contributed by atoms with Crippen LogP contribution in [0.1, 0.15) is 33.1 Å². The van der Waals surface area contributed by atoms with Gasteiger partial charge in [0.05, 0.1) is 6.33 Å². The van der Waals surface area contributed by atoms with Crippen molar-refractivity contribution in [2.45, 2.75) is 33.1 Å². The fourth-order valence-electron chi connectivity index (χ4n) is 2.55. The normalized spacial score (nSPS) is 19.7. The number of nitrogens with one attached hydrogen (secondary N) is 1. The van der Waals surface area contributed by atoms with Gasteiger partial charge in [0, 0.05) is 31.5 Å². The molecule has 2 heterocycles. The van der Waals surface area contributed by atoms with E-state index in [0.717, 1.165) is 19.4 Å². The summed E-state index contributed by atoms with van der Waals surface area (Å²) in [4.78, 5) is 32.2. The smallest absolute Gasteiger partial charge is 0.252 e. The molecule has 0 aromatic carbocycles. The van der Waals surface area contributed by atoms with Gasteiger partial charge in [0.2, 0.25) is 0 Å². The Labute approximate surface area is 113 Å². The van der Waals surface area contributed by atoms with Crippen molar-refractivity contribution in [1.82, 2.24) is 9.97 Å². The van der Waals surface area contributed by atoms with Crippen LogP contribution in [0.15, 0.2) is 17.2 Å². The molecule has 1 aromatic rings. The summed E-state index contributed by atoms with van der Waals surface area (Å²) in [5, 5.41) is 0. The summed E-state index contributed by atoms with van der Waals surface area (Å²) >= 11 is 0. The molecule has 1 fully saturated rings. The molecule has 0 bridgehead atoms. The van der Waals surface area contributed by atoms with Gasteiger partial charge in [-0.2, -0.15) is 0 Å². The predicted octanol–water partition coefficient (Wildman–Crippen LogP) is 1.60. The van der Waals surface area contributed by atoms with Crippen LogP contribution in [-0.4, -0.2) is 28.8 Å². The highest BCUT2D eigenvalue weighted by Crippen LogP contribution is 2.23. The van der Waals surface area contributed by atoms with Gasteiger partial charge >= 0.3 is 0 Å². The lowest BCUT2D eigenvalue weighted by Crippen LogP contribution is -2.39. The van der Waals surface area contributed by atoms with E-state index < -0.39 is 0 Å². The van der Waals surface area contributed by atoms with Gasteiger partial charge in [-0.25, -0.2) is 4.98 Å². The predicted molar refractivity (Wildman–Crippen MR) is 74.3 cm³/mol. The second kappa shape index (κ2) is 5.99. The second-order valence-electron chi connectivity index (χ2n) is 5.62. The molecule has 0 radical (unpaired) electrons. The van der Waals surface area contributed by atoms with E-state index >= 15 is 0 Å². The molecule has 0 aliphatic carbocycles. The molecule has 5 nitrogen and oxygen atoms in total. The van der Waals surface area contributed by atoms with E-state index in [4.69, 9.17) is 0 Å². The number of carbonyl (C=O) groups is 1. The topological polar surface area (TPSA) is 66.1 Å². The average Bonchev–Trinajstić information content (AvgIpc) is 2.38. The van der Waals surface area contributed by atoms with Crippen LogP contribution in [0.3, 0.4) is 0 Å². The van der Waals surface area contributed by atoms with Gasteiger partial charge < -0.3 is 9.88 Å². The first-order valence-corrected chi connectivity index (χ1v) is 6.88. The van der Waals surface area contributed by atoms with Crippen molar-refractivity contribution in [3.8, 4) is 0 Å².